The normalized spacial score (nSPS) is 22.1. The van der Waals surface area contributed by atoms with Gasteiger partial charge in [0.1, 0.15) is 0 Å². The van der Waals surface area contributed by atoms with Gasteiger partial charge in [0.05, 0.1) is 12.7 Å². The minimum atomic E-state index is 0.167. The van der Waals surface area contributed by atoms with Crippen molar-refractivity contribution in [1.29, 1.82) is 0 Å². The van der Waals surface area contributed by atoms with Crippen molar-refractivity contribution in [3.05, 3.63) is 23.8 Å². The smallest absolute Gasteiger partial charge is 0.161 e. The largest absolute Gasteiger partial charge is 0.504 e. The average Bonchev–Trinajstić information content (AvgIpc) is 2.63. The van der Waals surface area contributed by atoms with Gasteiger partial charge in [-0.15, -0.1) is 0 Å². The van der Waals surface area contributed by atoms with Gasteiger partial charge >= 0.3 is 0 Å². The van der Waals surface area contributed by atoms with Crippen LogP contribution in [0.15, 0.2) is 18.2 Å². The van der Waals surface area contributed by atoms with Crippen LogP contribution in [-0.2, 0) is 11.4 Å². The molecule has 1 aromatic carbocycles. The number of ether oxygens (including phenoxy) is 1. The molecule has 0 saturated heterocycles. The summed E-state index contributed by atoms with van der Waals surface area (Å²) >= 11 is 0. The summed E-state index contributed by atoms with van der Waals surface area (Å²) in [4.78, 5) is 4.59. The summed E-state index contributed by atoms with van der Waals surface area (Å²) in [6, 6.07) is 5.17. The first kappa shape index (κ1) is 13.2. The first-order valence-electron chi connectivity index (χ1n) is 6.30. The Morgan fingerprint density at radius 1 is 1.44 bits per heavy atom. The minimum Gasteiger partial charge on any atom is -0.504 e. The Hall–Kier alpha value is -1.26. The quantitative estimate of drug-likeness (QED) is 0.808. The molecular weight excluding hydrogens is 230 g/mol. The van der Waals surface area contributed by atoms with Crippen LogP contribution < -0.4 is 10.6 Å². The highest BCUT2D eigenvalue weighted by atomic mass is 16.6. The second kappa shape index (κ2) is 5.16. The highest BCUT2D eigenvalue weighted by Gasteiger charge is 2.32. The highest BCUT2D eigenvalue weighted by molar-refractivity contribution is 5.41. The second-order valence-electron chi connectivity index (χ2n) is 5.76. The standard InChI is InChI=1S/C14H21NO3/c1-14(2)6-5-11(8-14)18-13-7-10(9-17-15)3-4-12(13)16/h3-4,7,11,16H,5-6,8-9,15H2,1-2H3. The lowest BCUT2D eigenvalue weighted by molar-refractivity contribution is 0.123. The molecule has 1 aliphatic rings. The zero-order chi connectivity index (χ0) is 13.2. The highest BCUT2D eigenvalue weighted by Crippen LogP contribution is 2.40. The summed E-state index contributed by atoms with van der Waals surface area (Å²) in [5, 5.41) is 9.80. The first-order valence-corrected chi connectivity index (χ1v) is 6.30. The van der Waals surface area contributed by atoms with Gasteiger partial charge in [-0.25, -0.2) is 5.90 Å². The SMILES string of the molecule is CC1(C)CCC(Oc2cc(CON)ccc2O)C1. The van der Waals surface area contributed by atoms with Gasteiger partial charge in [0, 0.05) is 0 Å². The molecule has 0 bridgehead atoms. The van der Waals surface area contributed by atoms with Gasteiger partial charge in [-0.3, -0.25) is 4.84 Å². The molecule has 3 N–H and O–H groups in total. The van der Waals surface area contributed by atoms with E-state index < -0.39 is 0 Å². The lowest BCUT2D eigenvalue weighted by atomic mass is 9.92. The third kappa shape index (κ3) is 3.15. The van der Waals surface area contributed by atoms with Gasteiger partial charge in [-0.1, -0.05) is 19.9 Å². The summed E-state index contributed by atoms with van der Waals surface area (Å²) in [5.74, 6) is 5.73. The third-order valence-corrected chi connectivity index (χ3v) is 3.49. The first-order chi connectivity index (χ1) is 8.50. The molecule has 4 heteroatoms. The molecule has 1 aliphatic carbocycles. The monoisotopic (exact) mass is 251 g/mol. The molecule has 1 unspecified atom stereocenters. The van der Waals surface area contributed by atoms with Crippen molar-refractivity contribution in [2.75, 3.05) is 0 Å². The molecule has 1 atom stereocenters. The summed E-state index contributed by atoms with van der Waals surface area (Å²) in [7, 11) is 0. The maximum absolute atomic E-state index is 9.80. The van der Waals surface area contributed by atoms with E-state index in [1.165, 1.54) is 0 Å². The van der Waals surface area contributed by atoms with E-state index in [-0.39, 0.29) is 11.9 Å². The number of phenols is 1. The van der Waals surface area contributed by atoms with Crippen LogP contribution in [0.25, 0.3) is 0 Å². The molecule has 0 aliphatic heterocycles. The fourth-order valence-electron chi connectivity index (χ4n) is 2.49. The van der Waals surface area contributed by atoms with Crippen LogP contribution in [0.2, 0.25) is 0 Å². The lowest BCUT2D eigenvalue weighted by Gasteiger charge is -2.18. The molecular formula is C14H21NO3. The van der Waals surface area contributed by atoms with Gasteiger partial charge in [0.2, 0.25) is 0 Å². The fourth-order valence-corrected chi connectivity index (χ4v) is 2.49. The van der Waals surface area contributed by atoms with Crippen molar-refractivity contribution in [3.63, 3.8) is 0 Å². The number of benzene rings is 1. The maximum atomic E-state index is 9.80. The van der Waals surface area contributed by atoms with Crippen molar-refractivity contribution in [2.45, 2.75) is 45.8 Å². The van der Waals surface area contributed by atoms with Crippen LogP contribution in [0.5, 0.6) is 11.5 Å². The van der Waals surface area contributed by atoms with Crippen LogP contribution in [0.3, 0.4) is 0 Å². The van der Waals surface area contributed by atoms with Gasteiger partial charge in [0.15, 0.2) is 11.5 Å². The van der Waals surface area contributed by atoms with Crippen LogP contribution in [0.1, 0.15) is 38.7 Å². The molecule has 0 radical (unpaired) electrons. The topological polar surface area (TPSA) is 64.7 Å². The van der Waals surface area contributed by atoms with E-state index in [4.69, 9.17) is 10.6 Å². The van der Waals surface area contributed by atoms with E-state index in [1.807, 2.05) is 0 Å². The lowest BCUT2D eigenvalue weighted by Crippen LogP contribution is -2.15. The van der Waals surface area contributed by atoms with Crippen LogP contribution in [0.4, 0.5) is 0 Å². The number of phenolic OH excluding ortho intramolecular Hbond substituents is 1. The zero-order valence-electron chi connectivity index (χ0n) is 11.0. The summed E-state index contributed by atoms with van der Waals surface area (Å²) in [6.07, 6.45) is 3.39. The number of nitrogens with two attached hydrogens (primary N) is 1. The fraction of sp³-hybridized carbons (Fsp3) is 0.571. The Morgan fingerprint density at radius 2 is 2.22 bits per heavy atom. The van der Waals surface area contributed by atoms with E-state index in [9.17, 15) is 5.11 Å². The van der Waals surface area contributed by atoms with Crippen molar-refractivity contribution >= 4 is 0 Å². The molecule has 4 nitrogen and oxygen atoms in total. The number of rotatable bonds is 4. The number of hydrogen-bond donors (Lipinski definition) is 2. The van der Waals surface area contributed by atoms with Gasteiger partial charge < -0.3 is 9.84 Å². The third-order valence-electron chi connectivity index (χ3n) is 3.49. The van der Waals surface area contributed by atoms with Gasteiger partial charge in [-0.05, 0) is 42.4 Å². The zero-order valence-corrected chi connectivity index (χ0v) is 11.0. The van der Waals surface area contributed by atoms with E-state index >= 15 is 0 Å². The minimum absolute atomic E-state index is 0.167. The Bertz CT molecular complexity index is 418. The molecule has 1 fully saturated rings. The molecule has 0 amide bonds. The summed E-state index contributed by atoms with van der Waals surface area (Å²) < 4.78 is 5.88. The van der Waals surface area contributed by atoms with E-state index in [1.54, 1.807) is 18.2 Å². The van der Waals surface area contributed by atoms with Crippen molar-refractivity contribution < 1.29 is 14.7 Å². The van der Waals surface area contributed by atoms with Crippen LogP contribution >= 0.6 is 0 Å². The predicted octanol–water partition coefficient (Wildman–Crippen LogP) is 2.74. The molecule has 1 aromatic rings. The van der Waals surface area contributed by atoms with Crippen molar-refractivity contribution in [1.82, 2.24) is 0 Å². The van der Waals surface area contributed by atoms with E-state index in [0.717, 1.165) is 24.8 Å². The average molecular weight is 251 g/mol. The van der Waals surface area contributed by atoms with E-state index in [0.29, 0.717) is 17.8 Å². The van der Waals surface area contributed by atoms with Crippen molar-refractivity contribution in [3.8, 4) is 11.5 Å². The van der Waals surface area contributed by atoms with Gasteiger partial charge in [-0.2, -0.15) is 0 Å². The molecule has 0 aromatic heterocycles. The Labute approximate surface area is 108 Å². The van der Waals surface area contributed by atoms with Gasteiger partial charge in [0.25, 0.3) is 0 Å². The summed E-state index contributed by atoms with van der Waals surface area (Å²) in [6.45, 7) is 4.80. The Kier molecular flexibility index (Phi) is 3.78. The molecule has 2 rings (SSSR count). The number of hydrogen-bond acceptors (Lipinski definition) is 4. The molecule has 0 spiro atoms. The Morgan fingerprint density at radius 3 is 2.83 bits per heavy atom. The predicted molar refractivity (Wildman–Crippen MR) is 69.1 cm³/mol. The van der Waals surface area contributed by atoms with Crippen LogP contribution in [-0.4, -0.2) is 11.2 Å². The van der Waals surface area contributed by atoms with Crippen LogP contribution in [0, 0.1) is 5.41 Å². The molecule has 18 heavy (non-hydrogen) atoms. The van der Waals surface area contributed by atoms with E-state index in [2.05, 4.69) is 18.7 Å². The second-order valence-corrected chi connectivity index (χ2v) is 5.76. The maximum Gasteiger partial charge on any atom is 0.161 e. The molecule has 1 saturated carbocycles. The van der Waals surface area contributed by atoms with Crippen molar-refractivity contribution in [2.24, 2.45) is 11.3 Å². The number of aromatic hydroxyl groups is 1. The molecule has 0 heterocycles. The Balaban J connectivity index is 2.06. The molecule has 100 valence electrons. The summed E-state index contributed by atoms with van der Waals surface area (Å²) in [5.41, 5.74) is 1.22.